The van der Waals surface area contributed by atoms with Crippen LogP contribution in [0.15, 0.2) is 48.5 Å². The molecule has 1 aliphatic heterocycles. The Balaban J connectivity index is 1.47. The zero-order chi connectivity index (χ0) is 22.8. The Morgan fingerprint density at radius 1 is 1.12 bits per heavy atom. The normalized spacial score (nSPS) is 22.1. The molecule has 32 heavy (non-hydrogen) atoms. The van der Waals surface area contributed by atoms with E-state index in [0.717, 1.165) is 37.2 Å². The Kier molecular flexibility index (Phi) is 6.82. The van der Waals surface area contributed by atoms with Gasteiger partial charge in [-0.3, -0.25) is 0 Å². The zero-order valence-corrected chi connectivity index (χ0v) is 20.2. The molecule has 5 nitrogen and oxygen atoms in total. The summed E-state index contributed by atoms with van der Waals surface area (Å²) in [7, 11) is -3.20. The molecule has 174 valence electrons. The van der Waals surface area contributed by atoms with Gasteiger partial charge in [-0.25, -0.2) is 13.1 Å². The summed E-state index contributed by atoms with van der Waals surface area (Å²) >= 11 is 0. The molecular formula is C26H35NO4S. The van der Waals surface area contributed by atoms with E-state index >= 15 is 0 Å². The number of rotatable bonds is 10. The standard InChI is InChI=1S/C26H35NO4S/c1-4-24-22(16-19-8-6-5-7-9-19)23-17-21(12-13-25(23)31-26(24,2)3)30-15-14-27-32(28,29)18-20-10-11-20/h5-9,12-13,17,20,22,24,27H,4,10-11,14-16,18H2,1-3H3. The van der Waals surface area contributed by atoms with Crippen molar-refractivity contribution in [2.45, 2.75) is 58.0 Å². The van der Waals surface area contributed by atoms with Gasteiger partial charge in [0.25, 0.3) is 0 Å². The van der Waals surface area contributed by atoms with E-state index in [9.17, 15) is 8.42 Å². The molecule has 2 aliphatic rings. The Morgan fingerprint density at radius 2 is 1.88 bits per heavy atom. The van der Waals surface area contributed by atoms with Crippen molar-refractivity contribution in [3.8, 4) is 11.5 Å². The third kappa shape index (κ3) is 5.65. The lowest BCUT2D eigenvalue weighted by atomic mass is 9.70. The highest BCUT2D eigenvalue weighted by Crippen LogP contribution is 2.48. The van der Waals surface area contributed by atoms with Crippen LogP contribution in [0.3, 0.4) is 0 Å². The van der Waals surface area contributed by atoms with Crippen LogP contribution in [0.2, 0.25) is 0 Å². The Bertz CT molecular complexity index is 1020. The second kappa shape index (κ2) is 9.44. The monoisotopic (exact) mass is 457 g/mol. The predicted molar refractivity (Wildman–Crippen MR) is 128 cm³/mol. The molecule has 0 spiro atoms. The number of hydrogen-bond acceptors (Lipinski definition) is 4. The molecular weight excluding hydrogens is 422 g/mol. The van der Waals surface area contributed by atoms with E-state index in [0.29, 0.717) is 24.4 Å². The summed E-state index contributed by atoms with van der Waals surface area (Å²) in [5.74, 6) is 2.94. The van der Waals surface area contributed by atoms with Crippen LogP contribution < -0.4 is 14.2 Å². The van der Waals surface area contributed by atoms with E-state index in [1.807, 2.05) is 18.2 Å². The second-order valence-corrected chi connectivity index (χ2v) is 11.5. The zero-order valence-electron chi connectivity index (χ0n) is 19.3. The summed E-state index contributed by atoms with van der Waals surface area (Å²) in [5, 5.41) is 0. The minimum Gasteiger partial charge on any atom is -0.492 e. The lowest BCUT2D eigenvalue weighted by Gasteiger charge is -2.45. The molecule has 1 N–H and O–H groups in total. The number of sulfonamides is 1. The Morgan fingerprint density at radius 3 is 2.56 bits per heavy atom. The lowest BCUT2D eigenvalue weighted by molar-refractivity contribution is 0.00786. The summed E-state index contributed by atoms with van der Waals surface area (Å²) in [4.78, 5) is 0. The maximum atomic E-state index is 12.0. The number of fused-ring (bicyclic) bond motifs is 1. The second-order valence-electron chi connectivity index (χ2n) is 9.68. The molecule has 2 aromatic rings. The molecule has 0 aromatic heterocycles. The van der Waals surface area contributed by atoms with Gasteiger partial charge >= 0.3 is 0 Å². The average Bonchev–Trinajstić information content (AvgIpc) is 3.55. The number of ether oxygens (including phenoxy) is 2. The average molecular weight is 458 g/mol. The summed E-state index contributed by atoms with van der Waals surface area (Å²) in [5.41, 5.74) is 2.24. The van der Waals surface area contributed by atoms with Crippen molar-refractivity contribution in [2.75, 3.05) is 18.9 Å². The van der Waals surface area contributed by atoms with Crippen LogP contribution >= 0.6 is 0 Å². The van der Waals surface area contributed by atoms with Gasteiger partial charge in [0.05, 0.1) is 5.75 Å². The van der Waals surface area contributed by atoms with Gasteiger partial charge in [0.2, 0.25) is 10.0 Å². The maximum absolute atomic E-state index is 12.0. The minimum atomic E-state index is -3.20. The lowest BCUT2D eigenvalue weighted by Crippen LogP contribution is -2.44. The van der Waals surface area contributed by atoms with Crippen molar-refractivity contribution in [1.82, 2.24) is 4.72 Å². The van der Waals surface area contributed by atoms with Crippen molar-refractivity contribution in [1.29, 1.82) is 0 Å². The highest BCUT2D eigenvalue weighted by Gasteiger charge is 2.42. The molecule has 1 heterocycles. The summed E-state index contributed by atoms with van der Waals surface area (Å²) in [6, 6.07) is 16.6. The molecule has 0 saturated heterocycles. The Hall–Kier alpha value is -2.05. The van der Waals surface area contributed by atoms with E-state index in [1.54, 1.807) is 0 Å². The SMILES string of the molecule is CCC1C(Cc2ccccc2)c2cc(OCCNS(=O)(=O)CC3CC3)ccc2OC1(C)C. The maximum Gasteiger partial charge on any atom is 0.211 e. The Labute approximate surface area is 192 Å². The smallest absolute Gasteiger partial charge is 0.211 e. The van der Waals surface area contributed by atoms with Crippen molar-refractivity contribution in [2.24, 2.45) is 11.8 Å². The van der Waals surface area contributed by atoms with Crippen LogP contribution in [-0.2, 0) is 16.4 Å². The number of benzene rings is 2. The highest BCUT2D eigenvalue weighted by atomic mass is 32.2. The van der Waals surface area contributed by atoms with E-state index in [1.165, 1.54) is 11.1 Å². The molecule has 6 heteroatoms. The van der Waals surface area contributed by atoms with E-state index in [4.69, 9.17) is 9.47 Å². The molecule has 4 rings (SSSR count). The molecule has 0 bridgehead atoms. The van der Waals surface area contributed by atoms with Crippen molar-refractivity contribution in [3.05, 3.63) is 59.7 Å². The predicted octanol–water partition coefficient (Wildman–Crippen LogP) is 4.92. The van der Waals surface area contributed by atoms with Crippen molar-refractivity contribution >= 4 is 10.0 Å². The van der Waals surface area contributed by atoms with Crippen LogP contribution in [0, 0.1) is 11.8 Å². The van der Waals surface area contributed by atoms with Crippen LogP contribution in [-0.4, -0.2) is 32.9 Å². The topological polar surface area (TPSA) is 64.6 Å². The largest absolute Gasteiger partial charge is 0.492 e. The van der Waals surface area contributed by atoms with Gasteiger partial charge in [-0.15, -0.1) is 0 Å². The first kappa shape index (κ1) is 23.1. The van der Waals surface area contributed by atoms with Crippen LogP contribution in [0.5, 0.6) is 11.5 Å². The summed E-state index contributed by atoms with van der Waals surface area (Å²) in [6.07, 6.45) is 4.02. The first-order chi connectivity index (χ1) is 15.3. The van der Waals surface area contributed by atoms with Crippen molar-refractivity contribution < 1.29 is 17.9 Å². The first-order valence-electron chi connectivity index (χ1n) is 11.7. The van der Waals surface area contributed by atoms with Crippen LogP contribution in [0.25, 0.3) is 0 Å². The third-order valence-corrected chi connectivity index (χ3v) is 8.27. The molecule has 2 atom stereocenters. The molecule has 1 aliphatic carbocycles. The quantitative estimate of drug-likeness (QED) is 0.515. The van der Waals surface area contributed by atoms with Crippen LogP contribution in [0.4, 0.5) is 0 Å². The number of hydrogen-bond donors (Lipinski definition) is 1. The number of nitrogens with one attached hydrogen (secondary N) is 1. The summed E-state index contributed by atoms with van der Waals surface area (Å²) in [6.45, 7) is 7.17. The van der Waals surface area contributed by atoms with Gasteiger partial charge in [0.1, 0.15) is 23.7 Å². The fourth-order valence-corrected chi connectivity index (χ4v) is 6.44. The fourth-order valence-electron chi connectivity index (χ4n) is 4.98. The molecule has 2 unspecified atom stereocenters. The van der Waals surface area contributed by atoms with E-state index in [-0.39, 0.29) is 17.9 Å². The molecule has 1 saturated carbocycles. The molecule has 1 fully saturated rings. The fraction of sp³-hybridized carbons (Fsp3) is 0.538. The van der Waals surface area contributed by atoms with Crippen LogP contribution in [0.1, 0.15) is 57.1 Å². The van der Waals surface area contributed by atoms with Gasteiger partial charge in [-0.05, 0) is 75.1 Å². The molecule has 0 amide bonds. The van der Waals surface area contributed by atoms with Gasteiger partial charge in [0.15, 0.2) is 0 Å². The highest BCUT2D eigenvalue weighted by molar-refractivity contribution is 7.89. The van der Waals surface area contributed by atoms with Gasteiger partial charge < -0.3 is 9.47 Å². The minimum absolute atomic E-state index is 0.235. The van der Waals surface area contributed by atoms with Gasteiger partial charge in [-0.1, -0.05) is 37.3 Å². The first-order valence-corrected chi connectivity index (χ1v) is 13.4. The molecule has 0 radical (unpaired) electrons. The third-order valence-electron chi connectivity index (χ3n) is 6.72. The van der Waals surface area contributed by atoms with E-state index in [2.05, 4.69) is 55.8 Å². The summed E-state index contributed by atoms with van der Waals surface area (Å²) < 4.78 is 39.1. The molecule has 2 aromatic carbocycles. The van der Waals surface area contributed by atoms with Crippen molar-refractivity contribution in [3.63, 3.8) is 0 Å². The van der Waals surface area contributed by atoms with Gasteiger partial charge in [-0.2, -0.15) is 0 Å². The van der Waals surface area contributed by atoms with E-state index < -0.39 is 10.0 Å². The van der Waals surface area contributed by atoms with Gasteiger partial charge in [0, 0.05) is 18.0 Å².